The van der Waals surface area contributed by atoms with Gasteiger partial charge in [-0.1, -0.05) is 24.3 Å². The van der Waals surface area contributed by atoms with Gasteiger partial charge in [-0.3, -0.25) is 4.98 Å². The molecule has 4 nitrogen and oxygen atoms in total. The highest BCUT2D eigenvalue weighted by molar-refractivity contribution is 5.78. The normalized spacial score (nSPS) is 12.7. The molecule has 4 heteroatoms. The molecule has 20 heavy (non-hydrogen) atoms. The van der Waals surface area contributed by atoms with Crippen molar-refractivity contribution in [1.82, 2.24) is 4.98 Å². The van der Waals surface area contributed by atoms with Gasteiger partial charge in [0.25, 0.3) is 0 Å². The third-order valence-corrected chi connectivity index (χ3v) is 3.13. The minimum absolute atomic E-state index is 0.425. The van der Waals surface area contributed by atoms with Crippen LogP contribution >= 0.6 is 0 Å². The molecule has 2 rings (SSSR count). The number of hydrogen-bond acceptors (Lipinski definition) is 4. The lowest BCUT2D eigenvalue weighted by molar-refractivity contribution is 0.0477. The molecular formula is C16H21NO3. The first-order chi connectivity index (χ1) is 9.79. The van der Waals surface area contributed by atoms with Crippen molar-refractivity contribution in [2.75, 3.05) is 26.9 Å². The van der Waals surface area contributed by atoms with Gasteiger partial charge in [-0.2, -0.15) is 0 Å². The standard InChI is InChI=1S/C16H21NO3/c1-19-10-11-20-9-8-15(18)12-14-7-6-13-4-2-3-5-16(13)17-14/h2-7,15,18H,8-12H2,1H3. The Balaban J connectivity index is 1.81. The number of aliphatic hydroxyl groups is 1. The van der Waals surface area contributed by atoms with Crippen LogP contribution in [0.4, 0.5) is 0 Å². The molecule has 0 radical (unpaired) electrons. The number of rotatable bonds is 8. The van der Waals surface area contributed by atoms with Crippen LogP contribution in [0.25, 0.3) is 10.9 Å². The maximum atomic E-state index is 9.98. The zero-order valence-corrected chi connectivity index (χ0v) is 11.8. The second-order valence-corrected chi connectivity index (χ2v) is 4.75. The quantitative estimate of drug-likeness (QED) is 0.750. The van der Waals surface area contributed by atoms with E-state index < -0.39 is 6.10 Å². The van der Waals surface area contributed by atoms with Crippen LogP contribution < -0.4 is 0 Å². The second kappa shape index (κ2) is 7.94. The van der Waals surface area contributed by atoms with Gasteiger partial charge in [0.05, 0.1) is 24.8 Å². The van der Waals surface area contributed by atoms with E-state index in [1.807, 2.05) is 36.4 Å². The summed E-state index contributed by atoms with van der Waals surface area (Å²) in [4.78, 5) is 4.55. The summed E-state index contributed by atoms with van der Waals surface area (Å²) >= 11 is 0. The highest BCUT2D eigenvalue weighted by Gasteiger charge is 2.07. The van der Waals surface area contributed by atoms with Crippen molar-refractivity contribution in [3.63, 3.8) is 0 Å². The van der Waals surface area contributed by atoms with E-state index in [0.717, 1.165) is 16.6 Å². The average molecular weight is 275 g/mol. The number of benzene rings is 1. The molecule has 0 amide bonds. The van der Waals surface area contributed by atoms with Gasteiger partial charge in [0.1, 0.15) is 0 Å². The van der Waals surface area contributed by atoms with Gasteiger partial charge in [-0.15, -0.1) is 0 Å². The third-order valence-electron chi connectivity index (χ3n) is 3.13. The number of aromatic nitrogens is 1. The molecule has 0 fully saturated rings. The predicted octanol–water partition coefficient (Wildman–Crippen LogP) is 2.19. The fourth-order valence-corrected chi connectivity index (χ4v) is 2.03. The van der Waals surface area contributed by atoms with Crippen LogP contribution in [0.5, 0.6) is 0 Å². The fourth-order valence-electron chi connectivity index (χ4n) is 2.03. The smallest absolute Gasteiger partial charge is 0.0705 e. The summed E-state index contributed by atoms with van der Waals surface area (Å²) in [6.07, 6.45) is 0.739. The van der Waals surface area contributed by atoms with Crippen LogP contribution in [0.15, 0.2) is 36.4 Å². The molecule has 0 aliphatic carbocycles. The number of nitrogens with zero attached hydrogens (tertiary/aromatic N) is 1. The lowest BCUT2D eigenvalue weighted by atomic mass is 10.1. The van der Waals surface area contributed by atoms with E-state index in [1.54, 1.807) is 7.11 Å². The van der Waals surface area contributed by atoms with Gasteiger partial charge in [0.15, 0.2) is 0 Å². The first-order valence-corrected chi connectivity index (χ1v) is 6.89. The molecule has 0 aliphatic heterocycles. The number of aliphatic hydroxyl groups excluding tert-OH is 1. The molecule has 108 valence electrons. The van der Waals surface area contributed by atoms with Crippen molar-refractivity contribution < 1.29 is 14.6 Å². The van der Waals surface area contributed by atoms with Crippen molar-refractivity contribution in [3.05, 3.63) is 42.1 Å². The molecule has 2 aromatic rings. The van der Waals surface area contributed by atoms with E-state index in [-0.39, 0.29) is 0 Å². The average Bonchev–Trinajstić information content (AvgIpc) is 2.47. The molecule has 0 aliphatic rings. The fraction of sp³-hybridized carbons (Fsp3) is 0.438. The van der Waals surface area contributed by atoms with E-state index in [9.17, 15) is 5.11 Å². The summed E-state index contributed by atoms with van der Waals surface area (Å²) in [7, 11) is 1.64. The largest absolute Gasteiger partial charge is 0.393 e. The minimum atomic E-state index is -0.425. The Morgan fingerprint density at radius 3 is 2.80 bits per heavy atom. The molecule has 0 saturated heterocycles. The van der Waals surface area contributed by atoms with Crippen LogP contribution in [0.1, 0.15) is 12.1 Å². The first-order valence-electron chi connectivity index (χ1n) is 6.89. The van der Waals surface area contributed by atoms with Crippen LogP contribution in [0, 0.1) is 0 Å². The van der Waals surface area contributed by atoms with E-state index in [4.69, 9.17) is 9.47 Å². The van der Waals surface area contributed by atoms with E-state index in [0.29, 0.717) is 32.7 Å². The van der Waals surface area contributed by atoms with Crippen molar-refractivity contribution in [1.29, 1.82) is 0 Å². The molecule has 1 aromatic carbocycles. The highest BCUT2D eigenvalue weighted by Crippen LogP contribution is 2.13. The Morgan fingerprint density at radius 2 is 1.95 bits per heavy atom. The summed E-state index contributed by atoms with van der Waals surface area (Å²) < 4.78 is 10.2. The van der Waals surface area contributed by atoms with E-state index in [2.05, 4.69) is 4.98 Å². The molecule has 0 spiro atoms. The second-order valence-electron chi connectivity index (χ2n) is 4.75. The summed E-state index contributed by atoms with van der Waals surface area (Å²) in [5, 5.41) is 11.1. The molecule has 0 saturated carbocycles. The summed E-state index contributed by atoms with van der Waals surface area (Å²) in [5.41, 5.74) is 1.88. The van der Waals surface area contributed by atoms with Crippen molar-refractivity contribution in [3.8, 4) is 0 Å². The highest BCUT2D eigenvalue weighted by atomic mass is 16.5. The number of methoxy groups -OCH3 is 1. The Morgan fingerprint density at radius 1 is 1.10 bits per heavy atom. The zero-order chi connectivity index (χ0) is 14.2. The maximum absolute atomic E-state index is 9.98. The predicted molar refractivity (Wildman–Crippen MR) is 78.8 cm³/mol. The van der Waals surface area contributed by atoms with Crippen LogP contribution in [-0.2, 0) is 15.9 Å². The Kier molecular flexibility index (Phi) is 5.92. The molecule has 1 N–H and O–H groups in total. The molecule has 1 atom stereocenters. The molecule has 1 heterocycles. The number of pyridine rings is 1. The maximum Gasteiger partial charge on any atom is 0.0705 e. The number of ether oxygens (including phenoxy) is 2. The van der Waals surface area contributed by atoms with Crippen LogP contribution in [-0.4, -0.2) is 43.1 Å². The van der Waals surface area contributed by atoms with Gasteiger partial charge >= 0.3 is 0 Å². The monoisotopic (exact) mass is 275 g/mol. The van der Waals surface area contributed by atoms with Crippen LogP contribution in [0.3, 0.4) is 0 Å². The summed E-state index contributed by atoms with van der Waals surface area (Å²) in [5.74, 6) is 0. The van der Waals surface area contributed by atoms with E-state index >= 15 is 0 Å². The van der Waals surface area contributed by atoms with Gasteiger partial charge in [-0.05, 0) is 18.6 Å². The zero-order valence-electron chi connectivity index (χ0n) is 11.8. The van der Waals surface area contributed by atoms with Crippen molar-refractivity contribution in [2.24, 2.45) is 0 Å². The van der Waals surface area contributed by atoms with Gasteiger partial charge in [0.2, 0.25) is 0 Å². The molecule has 0 bridgehead atoms. The van der Waals surface area contributed by atoms with Crippen molar-refractivity contribution in [2.45, 2.75) is 18.9 Å². The van der Waals surface area contributed by atoms with Crippen LogP contribution in [0.2, 0.25) is 0 Å². The lowest BCUT2D eigenvalue weighted by Gasteiger charge is -2.11. The van der Waals surface area contributed by atoms with E-state index in [1.165, 1.54) is 0 Å². The molecule has 1 unspecified atom stereocenters. The topological polar surface area (TPSA) is 51.6 Å². The SMILES string of the molecule is COCCOCCC(O)Cc1ccc2ccccc2n1. The summed E-state index contributed by atoms with van der Waals surface area (Å²) in [6.45, 7) is 1.69. The Bertz CT molecular complexity index is 530. The lowest BCUT2D eigenvalue weighted by Crippen LogP contribution is -2.15. The molecule has 1 aromatic heterocycles. The van der Waals surface area contributed by atoms with Gasteiger partial charge in [0, 0.05) is 31.2 Å². The third kappa shape index (κ3) is 4.56. The Hall–Kier alpha value is -1.49. The van der Waals surface area contributed by atoms with Gasteiger partial charge in [-0.25, -0.2) is 0 Å². The number of fused-ring (bicyclic) bond motifs is 1. The number of para-hydroxylation sites is 1. The van der Waals surface area contributed by atoms with Gasteiger partial charge < -0.3 is 14.6 Å². The first kappa shape index (κ1) is 14.9. The Labute approximate surface area is 119 Å². The number of hydrogen-bond donors (Lipinski definition) is 1. The minimum Gasteiger partial charge on any atom is -0.393 e. The summed E-state index contributed by atoms with van der Waals surface area (Å²) in [6, 6.07) is 12.0. The van der Waals surface area contributed by atoms with Crippen molar-refractivity contribution >= 4 is 10.9 Å². The molecular weight excluding hydrogens is 254 g/mol.